The lowest BCUT2D eigenvalue weighted by atomic mass is 9.98. The van der Waals surface area contributed by atoms with Crippen LogP contribution in [0.15, 0.2) is 0 Å². The summed E-state index contributed by atoms with van der Waals surface area (Å²) in [7, 11) is 0. The van der Waals surface area contributed by atoms with Gasteiger partial charge in [-0.15, -0.1) is 0 Å². The molecule has 0 saturated carbocycles. The first-order valence-corrected chi connectivity index (χ1v) is 9.25. The molecular formula is C18H33N4O6. The van der Waals surface area contributed by atoms with E-state index in [4.69, 9.17) is 16.2 Å². The van der Waals surface area contributed by atoms with Crippen molar-refractivity contribution in [2.45, 2.75) is 71.4 Å². The van der Waals surface area contributed by atoms with Crippen LogP contribution in [0.5, 0.6) is 0 Å². The number of nitrogens with one attached hydrogen (secondary N) is 2. The molecular weight excluding hydrogens is 368 g/mol. The van der Waals surface area contributed by atoms with E-state index in [1.165, 1.54) is 13.2 Å². The zero-order valence-corrected chi connectivity index (χ0v) is 17.1. The first-order chi connectivity index (χ1) is 12.9. The van der Waals surface area contributed by atoms with Crippen molar-refractivity contribution >= 4 is 24.1 Å². The Hall–Kier alpha value is -2.04. The second-order valence-electron chi connectivity index (χ2n) is 7.48. The fourth-order valence-corrected chi connectivity index (χ4v) is 2.32. The number of aliphatic hydroxyl groups excluding tert-OH is 1. The number of carbonyl (C=O) groups excluding carboxylic acids is 4. The first-order valence-electron chi connectivity index (χ1n) is 9.25. The van der Waals surface area contributed by atoms with Crippen LogP contribution in [0.25, 0.3) is 0 Å². The number of esters is 1. The van der Waals surface area contributed by atoms with Crippen LogP contribution in [0.1, 0.15) is 41.0 Å². The van der Waals surface area contributed by atoms with Crippen molar-refractivity contribution < 1.29 is 29.0 Å². The first kappa shape index (κ1) is 26.0. The van der Waals surface area contributed by atoms with E-state index >= 15 is 0 Å². The van der Waals surface area contributed by atoms with Gasteiger partial charge in [0, 0.05) is 0 Å². The van der Waals surface area contributed by atoms with Crippen molar-refractivity contribution in [1.29, 1.82) is 0 Å². The van der Waals surface area contributed by atoms with Crippen LogP contribution in [-0.2, 0) is 23.9 Å². The topological polar surface area (TPSA) is 174 Å². The number of hydrogen-bond acceptors (Lipinski definition) is 8. The van der Waals surface area contributed by atoms with Gasteiger partial charge in [0.05, 0.1) is 12.6 Å². The van der Waals surface area contributed by atoms with Gasteiger partial charge in [-0.25, -0.2) is 4.79 Å². The Bertz CT molecular complexity index is 540. The maximum Gasteiger partial charge on any atom is 0.328 e. The van der Waals surface area contributed by atoms with Gasteiger partial charge in [-0.1, -0.05) is 27.7 Å². The van der Waals surface area contributed by atoms with Crippen LogP contribution in [0, 0.1) is 11.8 Å². The minimum Gasteiger partial charge on any atom is -0.459 e. The lowest BCUT2D eigenvalue weighted by Crippen LogP contribution is -2.55. The van der Waals surface area contributed by atoms with Gasteiger partial charge in [-0.2, -0.15) is 0 Å². The fraction of sp³-hybridized carbons (Fsp3) is 0.778. The Labute approximate surface area is 165 Å². The Morgan fingerprint density at radius 2 is 1.61 bits per heavy atom. The molecule has 161 valence electrons. The molecule has 0 bridgehead atoms. The Balaban J connectivity index is 5.04. The molecule has 0 aliphatic heterocycles. The molecule has 0 heterocycles. The van der Waals surface area contributed by atoms with Crippen LogP contribution < -0.4 is 22.1 Å². The third-order valence-corrected chi connectivity index (χ3v) is 4.11. The molecule has 0 rings (SSSR count). The summed E-state index contributed by atoms with van der Waals surface area (Å²) < 4.78 is 5.22. The monoisotopic (exact) mass is 401 g/mol. The summed E-state index contributed by atoms with van der Waals surface area (Å²) in [5, 5.41) is 14.7. The van der Waals surface area contributed by atoms with Gasteiger partial charge < -0.3 is 31.9 Å². The number of amides is 2. The highest BCUT2D eigenvalue weighted by Gasteiger charge is 2.32. The largest absolute Gasteiger partial charge is 0.459 e. The maximum atomic E-state index is 12.5. The van der Waals surface area contributed by atoms with E-state index in [0.717, 1.165) is 0 Å². The van der Waals surface area contributed by atoms with E-state index in [1.807, 2.05) is 13.8 Å². The van der Waals surface area contributed by atoms with E-state index in [-0.39, 0.29) is 24.8 Å². The zero-order valence-electron chi connectivity index (χ0n) is 17.1. The molecule has 0 aromatic heterocycles. The fourth-order valence-electron chi connectivity index (χ4n) is 2.32. The van der Waals surface area contributed by atoms with Gasteiger partial charge in [-0.05, 0) is 25.2 Å². The summed E-state index contributed by atoms with van der Waals surface area (Å²) in [6, 6.07) is -3.41. The highest BCUT2D eigenvalue weighted by molar-refractivity contribution is 5.88. The predicted molar refractivity (Wildman–Crippen MR) is 102 cm³/mol. The molecule has 0 unspecified atom stereocenters. The predicted octanol–water partition coefficient (Wildman–Crippen LogP) is -1.65. The van der Waals surface area contributed by atoms with Gasteiger partial charge in [0.1, 0.15) is 24.2 Å². The lowest BCUT2D eigenvalue weighted by Gasteiger charge is -2.27. The summed E-state index contributed by atoms with van der Waals surface area (Å²) in [5.74, 6) is -2.32. The van der Waals surface area contributed by atoms with E-state index in [0.29, 0.717) is 0 Å². The van der Waals surface area contributed by atoms with Crippen molar-refractivity contribution in [1.82, 2.24) is 10.6 Å². The molecule has 28 heavy (non-hydrogen) atoms. The SMILES string of the molecule is CC(C)C[C@H](NC(=O)[C@@H](N)[C@H](O)C(C)C)C(=O)O[C@H](C)[C@H](N)C(=O)NC[C]=O. The highest BCUT2D eigenvalue weighted by Crippen LogP contribution is 2.11. The second-order valence-corrected chi connectivity index (χ2v) is 7.48. The molecule has 2 amide bonds. The Kier molecular flexibility index (Phi) is 11.5. The zero-order chi connectivity index (χ0) is 22.0. The van der Waals surface area contributed by atoms with Gasteiger partial charge in [0.2, 0.25) is 18.1 Å². The minimum atomic E-state index is -1.20. The smallest absolute Gasteiger partial charge is 0.328 e. The minimum absolute atomic E-state index is 0.0412. The van der Waals surface area contributed by atoms with Crippen LogP contribution >= 0.6 is 0 Å². The normalized spacial score (nSPS) is 16.6. The molecule has 1 radical (unpaired) electrons. The summed E-state index contributed by atoms with van der Waals surface area (Å²) in [6.45, 7) is 8.24. The lowest BCUT2D eigenvalue weighted by molar-refractivity contribution is -0.155. The van der Waals surface area contributed by atoms with E-state index < -0.39 is 48.1 Å². The van der Waals surface area contributed by atoms with E-state index in [9.17, 15) is 24.3 Å². The van der Waals surface area contributed by atoms with Crippen LogP contribution in [-0.4, -0.2) is 66.1 Å². The Morgan fingerprint density at radius 1 is 1.04 bits per heavy atom. The Morgan fingerprint density at radius 3 is 2.07 bits per heavy atom. The van der Waals surface area contributed by atoms with Crippen molar-refractivity contribution in [2.75, 3.05) is 6.54 Å². The van der Waals surface area contributed by atoms with Crippen molar-refractivity contribution in [3.63, 3.8) is 0 Å². The molecule has 0 fully saturated rings. The van der Waals surface area contributed by atoms with Gasteiger partial charge in [0.15, 0.2) is 0 Å². The molecule has 5 atom stereocenters. The maximum absolute atomic E-state index is 12.5. The number of nitrogens with two attached hydrogens (primary N) is 2. The van der Waals surface area contributed by atoms with Crippen molar-refractivity contribution in [3.8, 4) is 0 Å². The van der Waals surface area contributed by atoms with Crippen LogP contribution in [0.2, 0.25) is 0 Å². The number of aliphatic hydroxyl groups is 1. The number of ether oxygens (including phenoxy) is 1. The van der Waals surface area contributed by atoms with Gasteiger partial charge in [0.25, 0.3) is 0 Å². The second kappa shape index (κ2) is 12.4. The summed E-state index contributed by atoms with van der Waals surface area (Å²) >= 11 is 0. The summed E-state index contributed by atoms with van der Waals surface area (Å²) in [5.41, 5.74) is 11.5. The molecule has 0 aliphatic rings. The van der Waals surface area contributed by atoms with Crippen LogP contribution in [0.4, 0.5) is 0 Å². The summed E-state index contributed by atoms with van der Waals surface area (Å²) in [6.07, 6.45) is -0.303. The average molecular weight is 401 g/mol. The van der Waals surface area contributed by atoms with Crippen molar-refractivity contribution in [3.05, 3.63) is 0 Å². The average Bonchev–Trinajstić information content (AvgIpc) is 2.62. The number of hydrogen-bond donors (Lipinski definition) is 5. The third kappa shape index (κ3) is 8.77. The third-order valence-electron chi connectivity index (χ3n) is 4.11. The molecule has 0 aromatic rings. The van der Waals surface area contributed by atoms with E-state index in [1.54, 1.807) is 13.8 Å². The quantitative estimate of drug-likeness (QED) is 0.242. The van der Waals surface area contributed by atoms with Crippen LogP contribution in [0.3, 0.4) is 0 Å². The van der Waals surface area contributed by atoms with Crippen molar-refractivity contribution in [2.24, 2.45) is 23.3 Å². The number of rotatable bonds is 12. The molecule has 10 heteroatoms. The molecule has 0 spiro atoms. The molecule has 0 saturated heterocycles. The highest BCUT2D eigenvalue weighted by atomic mass is 16.5. The van der Waals surface area contributed by atoms with Gasteiger partial charge in [-0.3, -0.25) is 14.4 Å². The molecule has 10 nitrogen and oxygen atoms in total. The number of carbonyl (C=O) groups is 3. The molecule has 7 N–H and O–H groups in total. The molecule has 0 aromatic carbocycles. The van der Waals surface area contributed by atoms with Gasteiger partial charge >= 0.3 is 5.97 Å². The molecule has 0 aliphatic carbocycles. The summed E-state index contributed by atoms with van der Waals surface area (Å²) in [4.78, 5) is 46.7. The standard InChI is InChI=1S/C18H33N4O6/c1-9(2)8-12(22-17(26)14(20)15(24)10(3)4)18(27)28-11(5)13(19)16(25)21-6-7-23/h9-15,24H,6,8,19-20H2,1-5H3,(H,21,25)(H,22,26)/t11-,12+,13+,14+,15-/m1/s1. The van der Waals surface area contributed by atoms with E-state index in [2.05, 4.69) is 10.6 Å².